The van der Waals surface area contributed by atoms with E-state index in [-0.39, 0.29) is 11.4 Å². The Kier molecular flexibility index (Phi) is 5.52. The zero-order valence-corrected chi connectivity index (χ0v) is 18.5. The summed E-state index contributed by atoms with van der Waals surface area (Å²) in [4.78, 5) is 34.1. The molecule has 2 fully saturated rings. The van der Waals surface area contributed by atoms with Gasteiger partial charge >= 0.3 is 5.97 Å². The van der Waals surface area contributed by atoms with E-state index in [2.05, 4.69) is 30.1 Å². The van der Waals surface area contributed by atoms with Crippen molar-refractivity contribution in [1.82, 2.24) is 24.8 Å². The summed E-state index contributed by atoms with van der Waals surface area (Å²) in [6.07, 6.45) is 5.34. The van der Waals surface area contributed by atoms with Gasteiger partial charge in [0.05, 0.1) is 19.9 Å². The molecule has 4 heterocycles. The van der Waals surface area contributed by atoms with Crippen LogP contribution in [0.25, 0.3) is 11.0 Å². The number of nitrogens with zero attached hydrogens (tertiary/aromatic N) is 6. The first kappa shape index (κ1) is 20.8. The van der Waals surface area contributed by atoms with Crippen molar-refractivity contribution in [3.05, 3.63) is 41.8 Å². The standard InChI is InChI=1S/C22H24ClN7O2/c1-32-18(31)11-29-7-5-22(12-29)6-8-30(13-22)21-24-10-17-19(28-21)20(26-14-25-17)27-16-4-2-3-15(23)9-16/h2-4,9-10,14H,5-8,11-13H2,1H3,(H,25,26,27). The second-order valence-corrected chi connectivity index (χ2v) is 8.91. The van der Waals surface area contributed by atoms with Gasteiger partial charge in [-0.3, -0.25) is 9.69 Å². The van der Waals surface area contributed by atoms with Crippen molar-refractivity contribution in [2.24, 2.45) is 5.41 Å². The van der Waals surface area contributed by atoms with E-state index >= 15 is 0 Å². The number of aromatic nitrogens is 4. The summed E-state index contributed by atoms with van der Waals surface area (Å²) in [5.74, 6) is 1.10. The van der Waals surface area contributed by atoms with Gasteiger partial charge in [-0.2, -0.15) is 0 Å². The molecule has 2 aliphatic rings. The van der Waals surface area contributed by atoms with Crippen molar-refractivity contribution < 1.29 is 9.53 Å². The number of benzene rings is 1. The quantitative estimate of drug-likeness (QED) is 0.585. The van der Waals surface area contributed by atoms with Gasteiger partial charge in [-0.1, -0.05) is 17.7 Å². The van der Waals surface area contributed by atoms with E-state index < -0.39 is 0 Å². The Morgan fingerprint density at radius 1 is 1.22 bits per heavy atom. The highest BCUT2D eigenvalue weighted by atomic mass is 35.5. The number of methoxy groups -OCH3 is 1. The summed E-state index contributed by atoms with van der Waals surface area (Å²) >= 11 is 6.11. The molecule has 2 aliphatic heterocycles. The van der Waals surface area contributed by atoms with Crippen molar-refractivity contribution in [2.75, 3.05) is 50.1 Å². The van der Waals surface area contributed by atoms with Crippen LogP contribution < -0.4 is 10.2 Å². The SMILES string of the molecule is COC(=O)CN1CCC2(CCN(c3ncc4ncnc(Nc5cccc(Cl)c5)c4n3)C2)C1. The predicted molar refractivity (Wildman–Crippen MR) is 122 cm³/mol. The average molecular weight is 454 g/mol. The fourth-order valence-electron chi connectivity index (χ4n) is 4.64. The van der Waals surface area contributed by atoms with Crippen molar-refractivity contribution >= 4 is 46.1 Å². The number of anilines is 3. The number of nitrogens with one attached hydrogen (secondary N) is 1. The molecule has 0 bridgehead atoms. The molecular formula is C22H24ClN7O2. The Bertz CT molecular complexity index is 1160. The van der Waals surface area contributed by atoms with Crippen LogP contribution in [0, 0.1) is 5.41 Å². The lowest BCUT2D eigenvalue weighted by Crippen LogP contribution is -2.34. The fraction of sp³-hybridized carbons (Fsp3) is 0.409. The van der Waals surface area contributed by atoms with Crippen molar-refractivity contribution in [3.63, 3.8) is 0 Å². The topological polar surface area (TPSA) is 96.4 Å². The lowest BCUT2D eigenvalue weighted by atomic mass is 9.86. The fourth-order valence-corrected chi connectivity index (χ4v) is 4.83. The number of ether oxygens (including phenoxy) is 1. The van der Waals surface area contributed by atoms with Crippen LogP contribution in [0.1, 0.15) is 12.8 Å². The number of rotatable bonds is 5. The van der Waals surface area contributed by atoms with E-state index in [0.717, 1.165) is 44.7 Å². The van der Waals surface area contributed by atoms with E-state index in [1.807, 2.05) is 24.3 Å². The highest BCUT2D eigenvalue weighted by Crippen LogP contribution is 2.40. The minimum absolute atomic E-state index is 0.154. The Morgan fingerprint density at radius 3 is 2.94 bits per heavy atom. The summed E-state index contributed by atoms with van der Waals surface area (Å²) in [5.41, 5.74) is 2.32. The molecule has 1 spiro atoms. The molecule has 1 atom stereocenters. The molecule has 5 rings (SSSR count). The van der Waals surface area contributed by atoms with Crippen LogP contribution >= 0.6 is 11.6 Å². The zero-order valence-electron chi connectivity index (χ0n) is 17.8. The molecule has 166 valence electrons. The molecule has 0 radical (unpaired) electrons. The van der Waals surface area contributed by atoms with E-state index in [9.17, 15) is 4.79 Å². The maximum atomic E-state index is 11.6. The Morgan fingerprint density at radius 2 is 2.09 bits per heavy atom. The summed E-state index contributed by atoms with van der Waals surface area (Å²) in [5, 5.41) is 3.93. The monoisotopic (exact) mass is 453 g/mol. The van der Waals surface area contributed by atoms with Crippen LogP contribution in [0.3, 0.4) is 0 Å². The molecule has 0 saturated carbocycles. The minimum atomic E-state index is -0.186. The molecular weight excluding hydrogens is 430 g/mol. The number of esters is 1. The molecule has 3 aromatic rings. The van der Waals surface area contributed by atoms with Crippen molar-refractivity contribution in [2.45, 2.75) is 12.8 Å². The second-order valence-electron chi connectivity index (χ2n) is 8.47. The van der Waals surface area contributed by atoms with Gasteiger partial charge in [-0.25, -0.2) is 19.9 Å². The smallest absolute Gasteiger partial charge is 0.319 e. The maximum absolute atomic E-state index is 11.6. The summed E-state index contributed by atoms with van der Waals surface area (Å²) in [6, 6.07) is 7.46. The van der Waals surface area contributed by atoms with Gasteiger partial charge in [0.1, 0.15) is 17.4 Å². The summed E-state index contributed by atoms with van der Waals surface area (Å²) in [7, 11) is 1.43. The second kappa shape index (κ2) is 8.48. The molecule has 2 aromatic heterocycles. The van der Waals surface area contributed by atoms with E-state index in [0.29, 0.717) is 34.4 Å². The molecule has 1 unspecified atom stereocenters. The molecule has 0 aliphatic carbocycles. The molecule has 10 heteroatoms. The predicted octanol–water partition coefficient (Wildman–Crippen LogP) is 2.89. The highest BCUT2D eigenvalue weighted by molar-refractivity contribution is 6.30. The van der Waals surface area contributed by atoms with E-state index in [1.54, 1.807) is 6.20 Å². The van der Waals surface area contributed by atoms with Crippen LogP contribution in [0.4, 0.5) is 17.5 Å². The molecule has 1 aromatic carbocycles. The number of carbonyl (C=O) groups is 1. The number of hydrogen-bond acceptors (Lipinski definition) is 9. The molecule has 2 saturated heterocycles. The Hall–Kier alpha value is -3.04. The number of fused-ring (bicyclic) bond motifs is 1. The van der Waals surface area contributed by atoms with Crippen molar-refractivity contribution in [1.29, 1.82) is 0 Å². The van der Waals surface area contributed by atoms with Crippen LogP contribution in [-0.2, 0) is 9.53 Å². The number of carbonyl (C=O) groups excluding carboxylic acids is 1. The van der Waals surface area contributed by atoms with Crippen LogP contribution in [0.5, 0.6) is 0 Å². The molecule has 1 N–H and O–H groups in total. The van der Waals surface area contributed by atoms with Gasteiger partial charge in [0.15, 0.2) is 5.82 Å². The lowest BCUT2D eigenvalue weighted by molar-refractivity contribution is -0.141. The minimum Gasteiger partial charge on any atom is -0.468 e. The number of hydrogen-bond donors (Lipinski definition) is 1. The van der Waals surface area contributed by atoms with Gasteiger partial charge < -0.3 is 15.0 Å². The normalized spacial score (nSPS) is 20.9. The average Bonchev–Trinajstić information content (AvgIpc) is 3.40. The zero-order chi connectivity index (χ0) is 22.1. The van der Waals surface area contributed by atoms with Crippen LogP contribution in [0.2, 0.25) is 5.02 Å². The van der Waals surface area contributed by atoms with Gasteiger partial charge in [0.2, 0.25) is 5.95 Å². The lowest BCUT2D eigenvalue weighted by Gasteiger charge is -2.24. The van der Waals surface area contributed by atoms with Gasteiger partial charge in [0, 0.05) is 35.8 Å². The summed E-state index contributed by atoms with van der Waals surface area (Å²) in [6.45, 7) is 3.88. The molecule has 0 amide bonds. The third-order valence-electron chi connectivity index (χ3n) is 6.27. The molecule has 9 nitrogen and oxygen atoms in total. The van der Waals surface area contributed by atoms with Gasteiger partial charge in [0.25, 0.3) is 0 Å². The first-order valence-corrected chi connectivity index (χ1v) is 11.0. The highest BCUT2D eigenvalue weighted by Gasteiger charge is 2.44. The Balaban J connectivity index is 1.36. The first-order valence-electron chi connectivity index (χ1n) is 10.6. The largest absolute Gasteiger partial charge is 0.468 e. The van der Waals surface area contributed by atoms with E-state index in [4.69, 9.17) is 21.3 Å². The number of likely N-dealkylation sites (tertiary alicyclic amines) is 1. The summed E-state index contributed by atoms with van der Waals surface area (Å²) < 4.78 is 4.82. The Labute approximate surface area is 190 Å². The molecule has 32 heavy (non-hydrogen) atoms. The first-order chi connectivity index (χ1) is 15.5. The van der Waals surface area contributed by atoms with Gasteiger partial charge in [-0.15, -0.1) is 0 Å². The van der Waals surface area contributed by atoms with Crippen molar-refractivity contribution in [3.8, 4) is 0 Å². The van der Waals surface area contributed by atoms with Crippen LogP contribution in [-0.4, -0.2) is 70.6 Å². The number of halogens is 1. The van der Waals surface area contributed by atoms with Gasteiger partial charge in [-0.05, 0) is 37.6 Å². The van der Waals surface area contributed by atoms with E-state index in [1.165, 1.54) is 13.4 Å². The third kappa shape index (κ3) is 4.18. The third-order valence-corrected chi connectivity index (χ3v) is 6.51. The maximum Gasteiger partial charge on any atom is 0.319 e. The van der Waals surface area contributed by atoms with Crippen LogP contribution in [0.15, 0.2) is 36.8 Å².